The summed E-state index contributed by atoms with van der Waals surface area (Å²) in [6, 6.07) is -0.954. The number of hydrogen-bond acceptors (Lipinski definition) is 11. The Morgan fingerprint density at radius 1 is 0.816 bits per heavy atom. The second-order valence-electron chi connectivity index (χ2n) is 9.86. The lowest BCUT2D eigenvalue weighted by Crippen LogP contribution is -2.62. The standard InChI is InChI=1S/C14H23NO6.C12H19NO4/c1-6-11-7(2)13(19-9(4)17)12(15-8(3)16)14(21-11)20-10(5)18;1-5-9-6(2)11(16-8(4)14)10-12(17-9)15-7(3)13-10/h7,11-14H,6H2,1-5H3,(H,15,16);6,9-12H,5H2,1-4H3/t7-,11+,12-,13-,14+;6-,9+,10+,11-,12-/m00/s1. The van der Waals surface area contributed by atoms with E-state index in [0.717, 1.165) is 6.42 Å². The average molecular weight is 543 g/mol. The summed E-state index contributed by atoms with van der Waals surface area (Å²) in [4.78, 5) is 49.5. The molecule has 0 aromatic heterocycles. The Balaban J connectivity index is 0.000000272. The van der Waals surface area contributed by atoms with E-state index in [1.165, 1.54) is 27.7 Å². The highest BCUT2D eigenvalue weighted by Crippen LogP contribution is 2.35. The van der Waals surface area contributed by atoms with Crippen LogP contribution in [0.2, 0.25) is 0 Å². The number of fused-ring (bicyclic) bond motifs is 1. The second-order valence-corrected chi connectivity index (χ2v) is 9.86. The van der Waals surface area contributed by atoms with Gasteiger partial charge in [-0.25, -0.2) is 4.99 Å². The number of aliphatic imine (C=N–C) groups is 1. The van der Waals surface area contributed by atoms with Gasteiger partial charge in [-0.05, 0) is 12.8 Å². The smallest absolute Gasteiger partial charge is 0.305 e. The highest BCUT2D eigenvalue weighted by atomic mass is 16.7. The molecule has 2 saturated heterocycles. The van der Waals surface area contributed by atoms with E-state index in [0.29, 0.717) is 12.3 Å². The van der Waals surface area contributed by atoms with Crippen molar-refractivity contribution in [1.29, 1.82) is 0 Å². The molecular weight excluding hydrogens is 500 g/mol. The summed E-state index contributed by atoms with van der Waals surface area (Å²) in [5.74, 6) is -0.994. The van der Waals surface area contributed by atoms with Crippen molar-refractivity contribution in [2.75, 3.05) is 0 Å². The average Bonchev–Trinajstić information content (AvgIpc) is 3.19. The Kier molecular flexibility index (Phi) is 11.5. The van der Waals surface area contributed by atoms with Crippen LogP contribution in [0.5, 0.6) is 0 Å². The maximum absolute atomic E-state index is 11.4. The maximum Gasteiger partial charge on any atom is 0.305 e. The van der Waals surface area contributed by atoms with Gasteiger partial charge in [-0.2, -0.15) is 0 Å². The van der Waals surface area contributed by atoms with Gasteiger partial charge in [-0.15, -0.1) is 0 Å². The van der Waals surface area contributed by atoms with E-state index in [1.807, 2.05) is 20.8 Å². The molecule has 3 aliphatic rings. The zero-order valence-corrected chi connectivity index (χ0v) is 23.7. The fourth-order valence-electron chi connectivity index (χ4n) is 5.10. The summed E-state index contributed by atoms with van der Waals surface area (Å²) in [6.45, 7) is 15.0. The van der Waals surface area contributed by atoms with Crippen LogP contribution >= 0.6 is 0 Å². The van der Waals surface area contributed by atoms with E-state index in [2.05, 4.69) is 17.2 Å². The molecule has 1 N–H and O–H groups in total. The van der Waals surface area contributed by atoms with Crippen LogP contribution in [0.15, 0.2) is 4.99 Å². The molecule has 0 aromatic rings. The third-order valence-electron chi connectivity index (χ3n) is 6.77. The van der Waals surface area contributed by atoms with E-state index >= 15 is 0 Å². The molecule has 0 bridgehead atoms. The van der Waals surface area contributed by atoms with E-state index in [1.54, 1.807) is 6.92 Å². The first-order valence-corrected chi connectivity index (χ1v) is 13.1. The number of carbonyl (C=O) groups excluding carboxylic acids is 4. The molecule has 3 rings (SSSR count). The first-order chi connectivity index (χ1) is 17.8. The third kappa shape index (κ3) is 8.13. The van der Waals surface area contributed by atoms with Gasteiger partial charge in [0.2, 0.25) is 18.5 Å². The van der Waals surface area contributed by atoms with Crippen LogP contribution in [0.1, 0.15) is 75.2 Å². The molecule has 0 radical (unpaired) electrons. The zero-order chi connectivity index (χ0) is 28.7. The Labute approximate surface area is 224 Å². The summed E-state index contributed by atoms with van der Waals surface area (Å²) in [5, 5.41) is 2.65. The summed E-state index contributed by atoms with van der Waals surface area (Å²) < 4.78 is 32.9. The first kappa shape index (κ1) is 31.5. The van der Waals surface area contributed by atoms with Crippen LogP contribution in [0.3, 0.4) is 0 Å². The highest BCUT2D eigenvalue weighted by Gasteiger charge is 2.49. The molecular formula is C26H42N2O10. The number of nitrogens with zero attached hydrogens (tertiary/aromatic N) is 1. The number of esters is 3. The molecule has 12 heteroatoms. The van der Waals surface area contributed by atoms with Crippen molar-refractivity contribution in [2.24, 2.45) is 16.8 Å². The molecule has 38 heavy (non-hydrogen) atoms. The zero-order valence-electron chi connectivity index (χ0n) is 23.7. The number of ether oxygens (including phenoxy) is 6. The number of carbonyl (C=O) groups is 4. The fourth-order valence-corrected chi connectivity index (χ4v) is 5.10. The minimum absolute atomic E-state index is 0.0432. The summed E-state index contributed by atoms with van der Waals surface area (Å²) >= 11 is 0. The molecule has 10 atom stereocenters. The van der Waals surface area contributed by atoms with Gasteiger partial charge in [0.15, 0.2) is 11.9 Å². The molecule has 3 aliphatic heterocycles. The van der Waals surface area contributed by atoms with Gasteiger partial charge in [0.05, 0.1) is 12.2 Å². The molecule has 2 fully saturated rings. The highest BCUT2D eigenvalue weighted by molar-refractivity contribution is 5.75. The van der Waals surface area contributed by atoms with Crippen LogP contribution in [-0.2, 0) is 47.6 Å². The normalized spacial score (nSPS) is 35.8. The lowest BCUT2D eigenvalue weighted by Gasteiger charge is -2.44. The van der Waals surface area contributed by atoms with Gasteiger partial charge in [-0.1, -0.05) is 27.7 Å². The van der Waals surface area contributed by atoms with Crippen molar-refractivity contribution < 1.29 is 47.6 Å². The van der Waals surface area contributed by atoms with E-state index < -0.39 is 36.7 Å². The minimum Gasteiger partial charge on any atom is -0.460 e. The van der Waals surface area contributed by atoms with Crippen molar-refractivity contribution in [3.63, 3.8) is 0 Å². The SMILES string of the molecule is CC[C@H]1O[C@@H](OC(C)=O)[C@@H](NC(C)=O)[C@@H](OC(C)=O)[C@H]1C.CC[C@H]1O[C@@H]2OC(C)=N[C@@H]2[C@@H](OC(C)=O)[C@H]1C. The van der Waals surface area contributed by atoms with Gasteiger partial charge >= 0.3 is 17.9 Å². The Morgan fingerprint density at radius 3 is 1.82 bits per heavy atom. The number of nitrogens with one attached hydrogen (secondary N) is 1. The molecule has 0 unspecified atom stereocenters. The van der Waals surface area contributed by atoms with Crippen LogP contribution in [0.4, 0.5) is 0 Å². The molecule has 3 heterocycles. The van der Waals surface area contributed by atoms with E-state index in [9.17, 15) is 19.2 Å². The predicted molar refractivity (Wildman–Crippen MR) is 135 cm³/mol. The number of rotatable bonds is 6. The van der Waals surface area contributed by atoms with Crippen molar-refractivity contribution in [2.45, 2.75) is 124 Å². The van der Waals surface area contributed by atoms with Gasteiger partial charge in [0.25, 0.3) is 0 Å². The molecule has 1 amide bonds. The summed E-state index contributed by atoms with van der Waals surface area (Å²) in [7, 11) is 0. The van der Waals surface area contributed by atoms with Crippen molar-refractivity contribution >= 4 is 29.7 Å². The van der Waals surface area contributed by atoms with E-state index in [4.69, 9.17) is 28.4 Å². The Morgan fingerprint density at radius 2 is 1.32 bits per heavy atom. The molecule has 0 aromatic carbocycles. The molecule has 216 valence electrons. The summed E-state index contributed by atoms with van der Waals surface area (Å²) in [6.07, 6.45) is -0.903. The van der Waals surface area contributed by atoms with Gasteiger partial charge in [-0.3, -0.25) is 19.2 Å². The van der Waals surface area contributed by atoms with Crippen molar-refractivity contribution in [3.05, 3.63) is 0 Å². The van der Waals surface area contributed by atoms with Crippen molar-refractivity contribution in [1.82, 2.24) is 5.32 Å². The maximum atomic E-state index is 11.4. The van der Waals surface area contributed by atoms with Gasteiger partial charge in [0.1, 0.15) is 18.2 Å². The van der Waals surface area contributed by atoms with Crippen LogP contribution < -0.4 is 5.32 Å². The molecule has 0 saturated carbocycles. The topological polar surface area (TPSA) is 148 Å². The van der Waals surface area contributed by atoms with Crippen molar-refractivity contribution in [3.8, 4) is 0 Å². The predicted octanol–water partition coefficient (Wildman–Crippen LogP) is 2.26. The first-order valence-electron chi connectivity index (χ1n) is 13.1. The van der Waals surface area contributed by atoms with E-state index in [-0.39, 0.29) is 48.1 Å². The fraction of sp³-hybridized carbons (Fsp3) is 0.808. The Bertz CT molecular complexity index is 893. The quantitative estimate of drug-likeness (QED) is 0.391. The lowest BCUT2D eigenvalue weighted by atomic mass is 9.87. The van der Waals surface area contributed by atoms with Crippen LogP contribution in [0, 0.1) is 11.8 Å². The molecule has 0 aliphatic carbocycles. The minimum atomic E-state index is -0.975. The number of hydrogen-bond donors (Lipinski definition) is 1. The third-order valence-corrected chi connectivity index (χ3v) is 6.77. The largest absolute Gasteiger partial charge is 0.460 e. The lowest BCUT2D eigenvalue weighted by molar-refractivity contribution is -0.246. The van der Waals surface area contributed by atoms with Gasteiger partial charge in [0, 0.05) is 46.5 Å². The second kappa shape index (κ2) is 13.9. The number of amides is 1. The molecule has 0 spiro atoms. The summed E-state index contributed by atoms with van der Waals surface area (Å²) in [5.41, 5.74) is 0. The van der Waals surface area contributed by atoms with Gasteiger partial charge < -0.3 is 33.7 Å². The Hall–Kier alpha value is -2.73. The van der Waals surface area contributed by atoms with Crippen LogP contribution in [-0.4, -0.2) is 78.8 Å². The monoisotopic (exact) mass is 542 g/mol. The molecule has 12 nitrogen and oxygen atoms in total. The van der Waals surface area contributed by atoms with Crippen LogP contribution in [0.25, 0.3) is 0 Å².